The van der Waals surface area contributed by atoms with Crippen LogP contribution in [0.4, 0.5) is 22.0 Å². The largest absolute Gasteiger partial charge is 0.501 e. The van der Waals surface area contributed by atoms with Gasteiger partial charge in [0.1, 0.15) is 5.56 Å². The Hall–Kier alpha value is -0.930. The van der Waals surface area contributed by atoms with Crippen molar-refractivity contribution in [3.63, 3.8) is 0 Å². The third-order valence-corrected chi connectivity index (χ3v) is 3.50. The number of benzene rings is 1. The number of carbonyl (C=O) groups is 2. The lowest BCUT2D eigenvalue weighted by atomic mass is 10.2. The second-order valence-corrected chi connectivity index (χ2v) is 6.29. The van der Waals surface area contributed by atoms with Crippen molar-refractivity contribution in [2.24, 2.45) is 0 Å². The minimum atomic E-state index is -4.81. The van der Waals surface area contributed by atoms with Crippen LogP contribution in [0.3, 0.4) is 0 Å². The van der Waals surface area contributed by atoms with Gasteiger partial charge in [-0.25, -0.2) is 9.59 Å². The highest BCUT2D eigenvalue weighted by molar-refractivity contribution is 14.1. The molecule has 0 aromatic heterocycles. The van der Waals surface area contributed by atoms with Gasteiger partial charge in [-0.1, -0.05) is 0 Å². The van der Waals surface area contributed by atoms with Gasteiger partial charge in [0.25, 0.3) is 0 Å². The molecule has 0 amide bonds. The third-order valence-electron chi connectivity index (χ3n) is 2.07. The van der Waals surface area contributed by atoms with Crippen LogP contribution < -0.4 is 4.74 Å². The van der Waals surface area contributed by atoms with E-state index in [0.29, 0.717) is 3.57 Å². The van der Waals surface area contributed by atoms with Crippen molar-refractivity contribution >= 4 is 57.1 Å². The van der Waals surface area contributed by atoms with Gasteiger partial charge in [-0.15, -0.1) is 0 Å². The van der Waals surface area contributed by atoms with E-state index in [0.717, 1.165) is 6.07 Å². The maximum absolute atomic E-state index is 13.2. The molecule has 0 atom stereocenters. The van der Waals surface area contributed by atoms with E-state index >= 15 is 0 Å². The Labute approximate surface area is 152 Å². The van der Waals surface area contributed by atoms with Crippen molar-refractivity contribution in [1.82, 2.24) is 0 Å². The molecule has 0 heterocycles. The Bertz CT molecular complexity index is 632. The molecule has 0 saturated carbocycles. The predicted octanol–water partition coefficient (Wildman–Crippen LogP) is 3.67. The lowest BCUT2D eigenvalue weighted by molar-refractivity contribution is -0.211. The standard InChI is InChI=1S/C11H5F5I2O5/c12-10(13,14)3-22-8(19)5-1-4(17)2-6(18)7(5)23-11(15,16)9(20)21/h1-2H,3H2,(H,20,21). The molecule has 5 nitrogen and oxygen atoms in total. The Kier molecular flexibility index (Phi) is 6.39. The minimum Gasteiger partial charge on any atom is -0.474 e. The number of ether oxygens (including phenoxy) is 2. The molecule has 1 aromatic rings. The van der Waals surface area contributed by atoms with E-state index < -0.39 is 42.1 Å². The van der Waals surface area contributed by atoms with E-state index in [1.165, 1.54) is 28.7 Å². The van der Waals surface area contributed by atoms with Gasteiger partial charge < -0.3 is 14.6 Å². The quantitative estimate of drug-likeness (QED) is 0.335. The van der Waals surface area contributed by atoms with E-state index in [1.807, 2.05) is 0 Å². The van der Waals surface area contributed by atoms with Crippen molar-refractivity contribution in [2.75, 3.05) is 6.61 Å². The summed E-state index contributed by atoms with van der Waals surface area (Å²) in [6.45, 7) is -1.93. The average molecular weight is 566 g/mol. The lowest BCUT2D eigenvalue weighted by Gasteiger charge is -2.18. The maximum atomic E-state index is 13.2. The number of carbonyl (C=O) groups excluding carboxylic acids is 1. The number of carboxylic acid groups (broad SMARTS) is 1. The van der Waals surface area contributed by atoms with E-state index in [1.54, 1.807) is 22.6 Å². The molecule has 23 heavy (non-hydrogen) atoms. The first-order chi connectivity index (χ1) is 10.3. The minimum absolute atomic E-state index is 0.102. The van der Waals surface area contributed by atoms with Crippen LogP contribution in [0.2, 0.25) is 0 Å². The average Bonchev–Trinajstić information content (AvgIpc) is 2.37. The number of aliphatic carboxylic acids is 1. The summed E-state index contributed by atoms with van der Waals surface area (Å²) < 4.78 is 70.7. The topological polar surface area (TPSA) is 72.8 Å². The van der Waals surface area contributed by atoms with Crippen molar-refractivity contribution in [3.8, 4) is 5.75 Å². The molecule has 0 fully saturated rings. The summed E-state index contributed by atoms with van der Waals surface area (Å²) >= 11 is 3.15. The smallest absolute Gasteiger partial charge is 0.474 e. The molecule has 0 aliphatic heterocycles. The van der Waals surface area contributed by atoms with E-state index in [9.17, 15) is 31.5 Å². The van der Waals surface area contributed by atoms with E-state index in [4.69, 9.17) is 5.11 Å². The van der Waals surface area contributed by atoms with Crippen molar-refractivity contribution < 1.29 is 46.1 Å². The first kappa shape index (κ1) is 20.1. The Balaban J connectivity index is 3.20. The van der Waals surface area contributed by atoms with Gasteiger partial charge >= 0.3 is 24.2 Å². The fourth-order valence-corrected chi connectivity index (χ4v) is 3.17. The van der Waals surface area contributed by atoms with Crippen LogP contribution in [0.15, 0.2) is 12.1 Å². The molecule has 0 radical (unpaired) electrons. The van der Waals surface area contributed by atoms with Crippen LogP contribution in [0.1, 0.15) is 10.4 Å². The number of rotatable bonds is 5. The van der Waals surface area contributed by atoms with Crippen LogP contribution in [0.25, 0.3) is 0 Å². The highest BCUT2D eigenvalue weighted by Gasteiger charge is 2.44. The SMILES string of the molecule is O=C(OCC(F)(F)F)c1cc(I)cc(I)c1OC(F)(F)C(=O)O. The van der Waals surface area contributed by atoms with Crippen LogP contribution >= 0.6 is 45.2 Å². The number of esters is 1. The molecule has 12 heteroatoms. The van der Waals surface area contributed by atoms with Crippen molar-refractivity contribution in [1.29, 1.82) is 0 Å². The molecule has 0 aliphatic carbocycles. The van der Waals surface area contributed by atoms with Crippen LogP contribution in [-0.4, -0.2) is 35.9 Å². The fraction of sp³-hybridized carbons (Fsp3) is 0.273. The zero-order valence-corrected chi connectivity index (χ0v) is 14.9. The summed E-state index contributed by atoms with van der Waals surface area (Å²) in [4.78, 5) is 22.1. The highest BCUT2D eigenvalue weighted by atomic mass is 127. The number of alkyl halides is 5. The van der Waals surface area contributed by atoms with Gasteiger partial charge in [-0.3, -0.25) is 0 Å². The molecule has 1 aromatic carbocycles. The molecular weight excluding hydrogens is 561 g/mol. The maximum Gasteiger partial charge on any atom is 0.501 e. The Morgan fingerprint density at radius 1 is 1.13 bits per heavy atom. The van der Waals surface area contributed by atoms with Crippen LogP contribution in [0.5, 0.6) is 5.75 Å². The summed E-state index contributed by atoms with van der Waals surface area (Å²) in [7, 11) is 0. The molecule has 0 spiro atoms. The molecule has 0 saturated heterocycles. The lowest BCUT2D eigenvalue weighted by Crippen LogP contribution is -2.35. The highest BCUT2D eigenvalue weighted by Crippen LogP contribution is 2.33. The molecule has 128 valence electrons. The number of hydrogen-bond acceptors (Lipinski definition) is 4. The molecule has 0 aliphatic rings. The van der Waals surface area contributed by atoms with Crippen LogP contribution in [-0.2, 0) is 9.53 Å². The first-order valence-electron chi connectivity index (χ1n) is 5.36. The molecule has 0 bridgehead atoms. The van der Waals surface area contributed by atoms with Gasteiger partial charge in [-0.2, -0.15) is 22.0 Å². The molecule has 0 unspecified atom stereocenters. The second-order valence-electron chi connectivity index (χ2n) is 3.88. The number of hydrogen-bond donors (Lipinski definition) is 1. The third kappa shape index (κ3) is 5.89. The summed E-state index contributed by atoms with van der Waals surface area (Å²) in [6.07, 6.45) is -9.48. The molecular formula is C11H5F5I2O5. The zero-order valence-electron chi connectivity index (χ0n) is 10.6. The van der Waals surface area contributed by atoms with Gasteiger partial charge in [0.05, 0.1) is 3.57 Å². The van der Waals surface area contributed by atoms with Gasteiger partial charge in [0.15, 0.2) is 12.4 Å². The van der Waals surface area contributed by atoms with Crippen LogP contribution in [0, 0.1) is 7.14 Å². The molecule has 1 rings (SSSR count). The first-order valence-corrected chi connectivity index (χ1v) is 7.52. The Morgan fingerprint density at radius 3 is 2.17 bits per heavy atom. The second kappa shape index (κ2) is 7.31. The summed E-state index contributed by atoms with van der Waals surface area (Å²) in [5, 5.41) is 8.34. The summed E-state index contributed by atoms with van der Waals surface area (Å²) in [5.41, 5.74) is -0.744. The van der Waals surface area contributed by atoms with Gasteiger partial charge in [0.2, 0.25) is 0 Å². The normalized spacial score (nSPS) is 12.0. The molecule has 1 N–H and O–H groups in total. The Morgan fingerprint density at radius 2 is 1.70 bits per heavy atom. The van der Waals surface area contributed by atoms with Gasteiger partial charge in [-0.05, 0) is 57.3 Å². The summed E-state index contributed by atoms with van der Waals surface area (Å²) in [5.74, 6) is -5.08. The van der Waals surface area contributed by atoms with Crippen molar-refractivity contribution in [2.45, 2.75) is 12.3 Å². The number of halogens is 7. The monoisotopic (exact) mass is 566 g/mol. The van der Waals surface area contributed by atoms with Gasteiger partial charge in [0, 0.05) is 3.57 Å². The van der Waals surface area contributed by atoms with E-state index in [-0.39, 0.29) is 3.57 Å². The predicted molar refractivity (Wildman–Crippen MR) is 81.4 cm³/mol. The van der Waals surface area contributed by atoms with Crippen molar-refractivity contribution in [3.05, 3.63) is 24.8 Å². The number of carboxylic acids is 1. The summed E-state index contributed by atoms with van der Waals surface area (Å²) in [6, 6.07) is 2.20. The van der Waals surface area contributed by atoms with E-state index in [2.05, 4.69) is 9.47 Å². The fourth-order valence-electron chi connectivity index (χ4n) is 1.21. The zero-order chi connectivity index (χ0) is 18.0.